The lowest BCUT2D eigenvalue weighted by Gasteiger charge is -2.29. The van der Waals surface area contributed by atoms with Crippen molar-refractivity contribution in [3.63, 3.8) is 0 Å². The van der Waals surface area contributed by atoms with Gasteiger partial charge >= 0.3 is 11.9 Å². The van der Waals surface area contributed by atoms with E-state index in [9.17, 15) is 28.3 Å². The van der Waals surface area contributed by atoms with Crippen molar-refractivity contribution < 1.29 is 42.1 Å². The Morgan fingerprint density at radius 2 is 1.63 bits per heavy atom. The van der Waals surface area contributed by atoms with E-state index >= 15 is 0 Å². The van der Waals surface area contributed by atoms with Crippen LogP contribution in [-0.4, -0.2) is 51.0 Å². The Morgan fingerprint density at radius 1 is 1.00 bits per heavy atom. The summed E-state index contributed by atoms with van der Waals surface area (Å²) >= 11 is -2.54. The van der Waals surface area contributed by atoms with Gasteiger partial charge in [-0.1, -0.05) is 44.2 Å². The molecule has 12 heteroatoms. The minimum Gasteiger partial charge on any atom is -0.481 e. The molecule has 2 unspecified atom stereocenters. The first kappa shape index (κ1) is 31.3. The summed E-state index contributed by atoms with van der Waals surface area (Å²) in [5, 5.41) is 13.0. The van der Waals surface area contributed by atoms with Gasteiger partial charge in [0.25, 0.3) is 17.2 Å². The van der Waals surface area contributed by atoms with Crippen LogP contribution in [-0.2, 0) is 25.6 Å². The Balaban J connectivity index is 1.49. The number of carbonyl (C=O) groups excluding carboxylic acids is 2. The van der Waals surface area contributed by atoms with Crippen LogP contribution in [0.2, 0.25) is 0 Å². The van der Waals surface area contributed by atoms with Crippen molar-refractivity contribution in [2.75, 3.05) is 22.8 Å². The van der Waals surface area contributed by atoms with E-state index in [0.29, 0.717) is 33.7 Å². The molecule has 0 aliphatic carbocycles. The number of hydrogen-bond donors (Lipinski definition) is 3. The zero-order valence-corrected chi connectivity index (χ0v) is 24.8. The molecule has 1 aromatic heterocycles. The number of fused-ring (bicyclic) bond motifs is 1. The predicted octanol–water partition coefficient (Wildman–Crippen LogP) is 5.65. The number of amides is 1. The predicted molar refractivity (Wildman–Crippen MR) is 162 cm³/mol. The van der Waals surface area contributed by atoms with Gasteiger partial charge in [0.05, 0.1) is 17.7 Å². The largest absolute Gasteiger partial charge is 0.481 e. The SMILES string of the molecule is CCOC(=O)COc1cccc2oc(C(=O)Nc3ccc(-c4ccc(N(C(C(=O)O)C(C)C)S(=O)O)cc4)cc3)c(C)c12. The van der Waals surface area contributed by atoms with Gasteiger partial charge < -0.3 is 24.3 Å². The molecule has 0 saturated heterocycles. The van der Waals surface area contributed by atoms with Crippen LogP contribution < -0.4 is 14.4 Å². The number of carboxylic acid groups (broad SMARTS) is 1. The number of furan rings is 1. The quantitative estimate of drug-likeness (QED) is 0.137. The Hall–Kier alpha value is -4.68. The maximum atomic E-state index is 13.1. The third-order valence-electron chi connectivity index (χ3n) is 6.68. The number of rotatable bonds is 12. The standard InChI is InChI=1S/C31H32N2O9S/c1-5-40-26(34)17-41-24-7-6-8-25-27(24)19(4)29(42-25)30(35)32-22-13-9-20(10-14-22)21-11-15-23(16-12-21)33(43(38)39)28(18(2)3)31(36)37/h6-16,18,28H,5,17H2,1-4H3,(H,32,35)(H,36,37)(H,38,39). The lowest BCUT2D eigenvalue weighted by atomic mass is 10.0. The first-order valence-electron chi connectivity index (χ1n) is 13.5. The van der Waals surface area contributed by atoms with E-state index in [1.165, 1.54) is 0 Å². The van der Waals surface area contributed by atoms with Crippen molar-refractivity contribution >= 4 is 51.5 Å². The Bertz CT molecular complexity index is 1650. The highest BCUT2D eigenvalue weighted by molar-refractivity contribution is 7.80. The number of esters is 1. The lowest BCUT2D eigenvalue weighted by Crippen LogP contribution is -2.45. The summed E-state index contributed by atoms with van der Waals surface area (Å²) in [6.45, 7) is 6.76. The summed E-state index contributed by atoms with van der Waals surface area (Å²) in [6, 6.07) is 17.6. The number of nitrogens with zero attached hydrogens (tertiary/aromatic N) is 1. The van der Waals surface area contributed by atoms with Crippen LogP contribution in [0, 0.1) is 12.8 Å². The van der Waals surface area contributed by atoms with E-state index in [2.05, 4.69) is 5.32 Å². The van der Waals surface area contributed by atoms with Gasteiger partial charge in [0.2, 0.25) is 0 Å². The number of carbonyl (C=O) groups is 3. The third-order valence-corrected chi connectivity index (χ3v) is 7.45. The molecule has 0 bridgehead atoms. The molecular weight excluding hydrogens is 576 g/mol. The van der Waals surface area contributed by atoms with Crippen LogP contribution in [0.25, 0.3) is 22.1 Å². The average molecular weight is 609 g/mol. The normalized spacial score (nSPS) is 12.5. The van der Waals surface area contributed by atoms with Crippen molar-refractivity contribution in [2.45, 2.75) is 33.7 Å². The Kier molecular flexibility index (Phi) is 9.84. The molecular formula is C31H32N2O9S. The van der Waals surface area contributed by atoms with Gasteiger partial charge in [-0.15, -0.1) is 0 Å². The number of hydrogen-bond acceptors (Lipinski definition) is 7. The number of anilines is 2. The van der Waals surface area contributed by atoms with E-state index in [1.807, 2.05) is 0 Å². The fourth-order valence-corrected chi connectivity index (χ4v) is 5.51. The summed E-state index contributed by atoms with van der Waals surface area (Å²) in [6.07, 6.45) is 0. The van der Waals surface area contributed by atoms with Crippen LogP contribution in [0.4, 0.5) is 11.4 Å². The molecule has 226 valence electrons. The molecule has 3 aromatic carbocycles. The highest BCUT2D eigenvalue weighted by atomic mass is 32.2. The Labute approximate surface area is 250 Å². The van der Waals surface area contributed by atoms with Gasteiger partial charge in [0, 0.05) is 11.3 Å². The second-order valence-electron chi connectivity index (χ2n) is 9.94. The highest BCUT2D eigenvalue weighted by Crippen LogP contribution is 2.34. The number of ether oxygens (including phenoxy) is 2. The molecule has 1 amide bonds. The molecule has 0 fully saturated rings. The number of aryl methyl sites for hydroxylation is 1. The zero-order chi connectivity index (χ0) is 31.3. The third kappa shape index (κ3) is 7.04. The summed E-state index contributed by atoms with van der Waals surface area (Å²) in [5.41, 5.74) is 3.41. The van der Waals surface area contributed by atoms with Gasteiger partial charge in [0.15, 0.2) is 12.4 Å². The maximum Gasteiger partial charge on any atom is 0.344 e. The smallest absolute Gasteiger partial charge is 0.344 e. The molecule has 4 aromatic rings. The second kappa shape index (κ2) is 13.5. The molecule has 0 aliphatic heterocycles. The minimum absolute atomic E-state index is 0.105. The van der Waals surface area contributed by atoms with E-state index in [4.69, 9.17) is 13.9 Å². The molecule has 11 nitrogen and oxygen atoms in total. The monoisotopic (exact) mass is 608 g/mol. The van der Waals surface area contributed by atoms with E-state index in [1.54, 1.807) is 94.4 Å². The molecule has 3 N–H and O–H groups in total. The lowest BCUT2D eigenvalue weighted by molar-refractivity contribution is -0.145. The van der Waals surface area contributed by atoms with Crippen LogP contribution in [0.5, 0.6) is 5.75 Å². The number of benzene rings is 3. The molecule has 0 radical (unpaired) electrons. The van der Waals surface area contributed by atoms with Crippen LogP contribution >= 0.6 is 0 Å². The zero-order valence-electron chi connectivity index (χ0n) is 24.0. The van der Waals surface area contributed by atoms with Gasteiger partial charge in [-0.3, -0.25) is 13.7 Å². The number of nitrogens with one attached hydrogen (secondary N) is 1. The summed E-state index contributed by atoms with van der Waals surface area (Å²) in [4.78, 5) is 36.6. The average Bonchev–Trinajstić information content (AvgIpc) is 3.32. The summed E-state index contributed by atoms with van der Waals surface area (Å²) < 4.78 is 39.1. The number of carboxylic acids is 1. The van der Waals surface area contributed by atoms with Crippen LogP contribution in [0.1, 0.15) is 36.9 Å². The first-order chi connectivity index (χ1) is 20.5. The summed E-state index contributed by atoms with van der Waals surface area (Å²) in [7, 11) is 0. The first-order valence-corrected chi connectivity index (χ1v) is 14.5. The van der Waals surface area contributed by atoms with Crippen molar-refractivity contribution in [3.05, 3.63) is 78.1 Å². The molecule has 0 aliphatic rings. The van der Waals surface area contributed by atoms with Crippen molar-refractivity contribution in [1.82, 2.24) is 0 Å². The topological polar surface area (TPSA) is 156 Å². The molecule has 1 heterocycles. The summed E-state index contributed by atoms with van der Waals surface area (Å²) in [5.74, 6) is -2.06. The molecule has 4 rings (SSSR count). The van der Waals surface area contributed by atoms with Crippen molar-refractivity contribution in [3.8, 4) is 16.9 Å². The van der Waals surface area contributed by atoms with Crippen molar-refractivity contribution in [2.24, 2.45) is 5.92 Å². The number of aliphatic carboxylic acids is 1. The van der Waals surface area contributed by atoms with Gasteiger partial charge in [0.1, 0.15) is 17.4 Å². The van der Waals surface area contributed by atoms with E-state index < -0.39 is 41.1 Å². The fraction of sp³-hybridized carbons (Fsp3) is 0.258. The van der Waals surface area contributed by atoms with Gasteiger partial charge in [-0.05, 0) is 67.3 Å². The van der Waals surface area contributed by atoms with Gasteiger partial charge in [-0.2, -0.15) is 0 Å². The second-order valence-corrected chi connectivity index (χ2v) is 10.8. The molecule has 0 spiro atoms. The highest BCUT2D eigenvalue weighted by Gasteiger charge is 2.32. The molecule has 0 saturated carbocycles. The Morgan fingerprint density at radius 3 is 2.19 bits per heavy atom. The van der Waals surface area contributed by atoms with E-state index in [0.717, 1.165) is 15.4 Å². The van der Waals surface area contributed by atoms with Crippen molar-refractivity contribution in [1.29, 1.82) is 0 Å². The minimum atomic E-state index is -2.54. The fourth-order valence-electron chi connectivity index (χ4n) is 4.68. The molecule has 2 atom stereocenters. The maximum absolute atomic E-state index is 13.1. The molecule has 43 heavy (non-hydrogen) atoms. The van der Waals surface area contributed by atoms with E-state index in [-0.39, 0.29) is 19.0 Å². The van der Waals surface area contributed by atoms with Crippen LogP contribution in [0.15, 0.2) is 71.1 Å². The van der Waals surface area contributed by atoms with Gasteiger partial charge in [-0.25, -0.2) is 13.8 Å². The van der Waals surface area contributed by atoms with Crippen LogP contribution in [0.3, 0.4) is 0 Å².